The predicted octanol–water partition coefficient (Wildman–Crippen LogP) is -13.3. The fraction of sp³-hybridized carbons (Fsp3) is 0. The summed E-state index contributed by atoms with van der Waals surface area (Å²) in [5, 5.41) is 0. The van der Waals surface area contributed by atoms with Crippen LogP contribution in [-0.4, -0.2) is 25.2 Å². The fourth-order valence-corrected chi connectivity index (χ4v) is 0. The van der Waals surface area contributed by atoms with E-state index >= 15 is 0 Å². The van der Waals surface area contributed by atoms with Crippen molar-refractivity contribution in [3.8, 4) is 0 Å². The Bertz CT molecular complexity index is 6.00. The van der Waals surface area contributed by atoms with Gasteiger partial charge in [0, 0.05) is 0 Å². The molecule has 0 aromatic carbocycles. The summed E-state index contributed by atoms with van der Waals surface area (Å²) in [6, 6.07) is 0. The van der Waals surface area contributed by atoms with Gasteiger partial charge in [-0.1, -0.05) is 25.2 Å². The van der Waals surface area contributed by atoms with Gasteiger partial charge < -0.3 is 0 Å². The normalized spacial score (nSPS) is 0. The Morgan fingerprint density at radius 2 is 0.333 bits per heavy atom. The summed E-state index contributed by atoms with van der Waals surface area (Å²) in [4.78, 5) is 0. The minimum absolute atomic E-state index is 0. The van der Waals surface area contributed by atoms with Crippen LogP contribution in [0.1, 0.15) is 0 Å². The Morgan fingerprint density at radius 1 is 0.333 bits per heavy atom. The minimum Gasteiger partial charge on any atom is -0.0626 e. The van der Waals surface area contributed by atoms with Gasteiger partial charge in [0.25, 0.3) is 0 Å². The Kier molecular flexibility index (Phi) is 233. The van der Waals surface area contributed by atoms with Crippen LogP contribution in [0.2, 0.25) is 0 Å². The first-order valence-electron chi connectivity index (χ1n) is 0. The first-order valence-corrected chi connectivity index (χ1v) is 0. The third-order valence-corrected chi connectivity index (χ3v) is 0. The van der Waals surface area contributed by atoms with Crippen LogP contribution < -0.4 is 154 Å². The van der Waals surface area contributed by atoms with E-state index in [2.05, 4.69) is 0 Å². The molecule has 0 aliphatic heterocycles. The molecule has 0 amide bonds. The molecule has 0 aromatic heterocycles. The molecule has 0 nitrogen and oxygen atoms in total. The van der Waals surface area contributed by atoms with Crippen LogP contribution in [0, 0.1) is 0 Å². The Morgan fingerprint density at radius 3 is 0.333 bits per heavy atom. The van der Waals surface area contributed by atoms with Crippen molar-refractivity contribution in [2.45, 2.75) is 0 Å². The van der Waals surface area contributed by atoms with Crippen molar-refractivity contribution in [3.05, 3.63) is 0 Å². The van der Waals surface area contributed by atoms with Crippen LogP contribution in [0.5, 0.6) is 0 Å². The van der Waals surface area contributed by atoms with E-state index < -0.39 is 0 Å². The Hall–Kier alpha value is 5.10. The van der Waals surface area contributed by atoms with Gasteiger partial charge in [0.15, 0.2) is 0 Å². The molecule has 0 unspecified atom stereocenters. The third-order valence-electron chi connectivity index (χ3n) is 0. The molecule has 0 aromatic rings. The first kappa shape index (κ1) is 43.5. The molecule has 0 bridgehead atoms. The van der Waals surface area contributed by atoms with Gasteiger partial charge in [-0.25, -0.2) is 0 Å². The molecule has 0 radical (unpaired) electrons. The largest absolute Gasteiger partial charge is 1.00 e. The molecule has 0 atom stereocenters. The molecule has 24 valence electrons. The van der Waals surface area contributed by atoms with Gasteiger partial charge >= 0.3 is 154 Å². The van der Waals surface area contributed by atoms with Crippen LogP contribution in [0.4, 0.5) is 0 Å². The van der Waals surface area contributed by atoms with E-state index in [0.717, 1.165) is 0 Å². The first-order chi connectivity index (χ1) is 0. The van der Waals surface area contributed by atoms with Gasteiger partial charge in [-0.3, -0.25) is 0 Å². The quantitative estimate of drug-likeness (QED) is 0.310. The molecule has 0 saturated heterocycles. The van der Waals surface area contributed by atoms with E-state index in [0.29, 0.717) is 0 Å². The third kappa shape index (κ3) is 23.0. The molecule has 0 aliphatic carbocycles. The summed E-state index contributed by atoms with van der Waals surface area (Å²) in [5.41, 5.74) is 0. The molecule has 0 heterocycles. The van der Waals surface area contributed by atoms with Crippen LogP contribution in [0.3, 0.4) is 0 Å². The van der Waals surface area contributed by atoms with Gasteiger partial charge in [-0.15, -0.1) is 0 Å². The molecule has 0 saturated carbocycles. The standard InChI is InChI=1S/3BH4.3K/h3*1H4;;;/q3*-1;3*+1. The maximum absolute atomic E-state index is 0. The summed E-state index contributed by atoms with van der Waals surface area (Å²) in [6.45, 7) is 0. The van der Waals surface area contributed by atoms with Crippen LogP contribution in [0.25, 0.3) is 0 Å². The Balaban J connectivity index is 0. The second-order valence-corrected chi connectivity index (χ2v) is 0. The molecule has 0 fully saturated rings. The summed E-state index contributed by atoms with van der Waals surface area (Å²) < 4.78 is 0. The molecule has 6 heavy (non-hydrogen) atoms. The van der Waals surface area contributed by atoms with Gasteiger partial charge in [0.2, 0.25) is 0 Å². The SMILES string of the molecule is [BH4-].[BH4-].[BH4-].[K+].[K+].[K+]. The summed E-state index contributed by atoms with van der Waals surface area (Å²) in [5.74, 6) is 0. The van der Waals surface area contributed by atoms with Crippen LogP contribution in [-0.2, 0) is 0 Å². The van der Waals surface area contributed by atoms with Crippen molar-refractivity contribution in [2.24, 2.45) is 0 Å². The van der Waals surface area contributed by atoms with E-state index in [1.165, 1.54) is 0 Å². The summed E-state index contributed by atoms with van der Waals surface area (Å²) >= 11 is 0. The molecule has 6 heteroatoms. The number of hydrogen-bond acceptors (Lipinski definition) is 0. The van der Waals surface area contributed by atoms with Gasteiger partial charge in [0.1, 0.15) is 0 Å². The van der Waals surface area contributed by atoms with Crippen LogP contribution in [0.15, 0.2) is 0 Å². The topological polar surface area (TPSA) is 0 Å². The molecule has 0 aliphatic rings. The van der Waals surface area contributed by atoms with Crippen molar-refractivity contribution in [1.82, 2.24) is 0 Å². The zero-order valence-electron chi connectivity index (χ0n) is 3.00. The molecule has 0 N–H and O–H groups in total. The van der Waals surface area contributed by atoms with Gasteiger partial charge in [-0.05, 0) is 0 Å². The maximum Gasteiger partial charge on any atom is 1.00 e. The van der Waals surface area contributed by atoms with E-state index in [1.807, 2.05) is 0 Å². The van der Waals surface area contributed by atoms with E-state index in [-0.39, 0.29) is 179 Å². The molecule has 0 rings (SSSR count). The van der Waals surface area contributed by atoms with E-state index in [1.54, 1.807) is 0 Å². The monoisotopic (exact) mass is 162 g/mol. The minimum atomic E-state index is 0. The fourth-order valence-electron chi connectivity index (χ4n) is 0. The van der Waals surface area contributed by atoms with Crippen molar-refractivity contribution in [1.29, 1.82) is 0 Å². The smallest absolute Gasteiger partial charge is 0.0626 e. The van der Waals surface area contributed by atoms with Crippen molar-refractivity contribution >= 4 is 25.2 Å². The second kappa shape index (κ2) is 32.1. The molecular formula is H12B3K3. The average Bonchev–Trinajstić information content (AvgIpc) is 0. The Labute approximate surface area is 173 Å². The van der Waals surface area contributed by atoms with Crippen LogP contribution >= 0.6 is 0 Å². The van der Waals surface area contributed by atoms with Gasteiger partial charge in [0.05, 0.1) is 0 Å². The number of rotatable bonds is 0. The zero-order valence-corrected chi connectivity index (χ0v) is 12.4. The van der Waals surface area contributed by atoms with Crippen molar-refractivity contribution in [3.63, 3.8) is 0 Å². The van der Waals surface area contributed by atoms with E-state index in [9.17, 15) is 0 Å². The summed E-state index contributed by atoms with van der Waals surface area (Å²) in [6.07, 6.45) is 0. The number of hydrogen-bond donors (Lipinski definition) is 0. The van der Waals surface area contributed by atoms with Crippen molar-refractivity contribution < 1.29 is 154 Å². The zero-order chi connectivity index (χ0) is 0. The molecular weight excluding hydrogens is 150 g/mol. The van der Waals surface area contributed by atoms with Gasteiger partial charge in [-0.2, -0.15) is 0 Å². The maximum atomic E-state index is 0. The summed E-state index contributed by atoms with van der Waals surface area (Å²) in [7, 11) is 0. The molecule has 0 spiro atoms. The average molecular weight is 162 g/mol. The van der Waals surface area contributed by atoms with Crippen molar-refractivity contribution in [2.75, 3.05) is 0 Å². The predicted molar refractivity (Wildman–Crippen MR) is 34.0 cm³/mol. The van der Waals surface area contributed by atoms with E-state index in [4.69, 9.17) is 0 Å². The second-order valence-electron chi connectivity index (χ2n) is 0.